The number of cyclic esters (lactones) is 2. The molecular formula is C57H85N8O15S+. The molecule has 0 spiro atoms. The summed E-state index contributed by atoms with van der Waals surface area (Å²) in [5, 5.41) is 17.2. The van der Waals surface area contributed by atoms with E-state index in [-0.39, 0.29) is 67.5 Å². The second-order valence-electron chi connectivity index (χ2n) is 21.3. The molecule has 1 aliphatic heterocycles. The molecule has 1 heterocycles. The van der Waals surface area contributed by atoms with E-state index in [1.54, 1.807) is 63.3 Å². The van der Waals surface area contributed by atoms with Crippen LogP contribution < -0.4 is 16.0 Å². The molecule has 2 aromatic rings. The van der Waals surface area contributed by atoms with Crippen LogP contribution in [0.5, 0.6) is 0 Å². The lowest BCUT2D eigenvalue weighted by Crippen LogP contribution is -2.57. The topological polar surface area (TPSA) is 288 Å². The van der Waals surface area contributed by atoms with E-state index in [4.69, 9.17) is 19.4 Å². The van der Waals surface area contributed by atoms with Gasteiger partial charge in [-0.05, 0) is 94.9 Å². The molecule has 6 amide bonds. The van der Waals surface area contributed by atoms with Gasteiger partial charge in [-0.2, -0.15) is 4.31 Å². The first-order valence-corrected chi connectivity index (χ1v) is 28.7. The zero-order valence-corrected chi connectivity index (χ0v) is 50.1. The molecule has 0 saturated heterocycles. The Morgan fingerprint density at radius 2 is 1.51 bits per heavy atom. The number of nitrogens with zero attached hydrogens (tertiary/aromatic N) is 5. The van der Waals surface area contributed by atoms with Crippen molar-refractivity contribution in [3.8, 4) is 0 Å². The normalized spacial score (nSPS) is 24.3. The molecule has 24 heteroatoms. The Labute approximate surface area is 476 Å². The molecular weight excluding hydrogens is 1070 g/mol. The Morgan fingerprint density at radius 3 is 2.09 bits per heavy atom. The summed E-state index contributed by atoms with van der Waals surface area (Å²) in [6.45, 7) is 16.1. The number of nitrogens with one attached hydrogen (secondary N) is 3. The highest BCUT2D eigenvalue weighted by Crippen LogP contribution is 2.31. The number of rotatable bonds is 16. The average Bonchev–Trinajstić information content (AvgIpc) is 3.43. The van der Waals surface area contributed by atoms with Crippen molar-refractivity contribution in [1.29, 1.82) is 0 Å². The zero-order valence-electron chi connectivity index (χ0n) is 49.3. The van der Waals surface area contributed by atoms with Crippen molar-refractivity contribution in [1.82, 2.24) is 35.0 Å². The van der Waals surface area contributed by atoms with Crippen LogP contribution in [-0.2, 0) is 64.2 Å². The minimum absolute atomic E-state index is 0.0434. The summed E-state index contributed by atoms with van der Waals surface area (Å²) in [7, 11) is 1.49. The summed E-state index contributed by atoms with van der Waals surface area (Å²) in [6.07, 6.45) is 1.17. The predicted octanol–water partition coefficient (Wildman–Crippen LogP) is 5.07. The lowest BCUT2D eigenvalue weighted by atomic mass is 9.81. The van der Waals surface area contributed by atoms with Crippen molar-refractivity contribution in [2.24, 2.45) is 23.7 Å². The summed E-state index contributed by atoms with van der Waals surface area (Å²) in [4.78, 5) is 126. The number of hydrogen-bond donors (Lipinski definition) is 4. The molecule has 81 heavy (non-hydrogen) atoms. The van der Waals surface area contributed by atoms with Crippen molar-refractivity contribution >= 4 is 63.3 Å². The molecule has 0 bridgehead atoms. The Morgan fingerprint density at radius 1 is 0.889 bits per heavy atom. The number of amides is 6. The standard InChI is InChI=1S/C57H84N8O15S/c1-15-36(5)49-52(68)59-41(10)56(72)80-50(37(6)16-2)39(8)43(28-31-78-57(73)61(11)29-30-63(13)81(76,77)45-26-24-44(25-27-45)65(74)75)23-22-38(7)55(71)79-47(32-35(3)4)51(67)58-40(9)53(69)64(14)46(33-42-20-18-17-19-21-42)54(70)62(12)34-48(66)60-49/h16-22,24-27,35-36,39-41,43,46-47,49-50H,15,23,28-34H2,1-14H3,(H3-,58,59,60,66,67,68,74,75)/p+1/b37-16+,38-22+/t36-,39+,40+,41-,43-,46-,47-,49+,50-/m1/s1. The van der Waals surface area contributed by atoms with Crippen LogP contribution in [0.1, 0.15) is 100 Å². The molecule has 2 aromatic carbocycles. The molecule has 0 unspecified atom stereocenters. The van der Waals surface area contributed by atoms with E-state index in [1.807, 2.05) is 27.7 Å². The first-order chi connectivity index (χ1) is 37.9. The van der Waals surface area contributed by atoms with E-state index >= 15 is 0 Å². The molecule has 4 N–H and O–H groups in total. The van der Waals surface area contributed by atoms with Crippen LogP contribution in [0.25, 0.3) is 0 Å². The fourth-order valence-electron chi connectivity index (χ4n) is 8.84. The van der Waals surface area contributed by atoms with Crippen LogP contribution in [0.3, 0.4) is 0 Å². The van der Waals surface area contributed by atoms with E-state index in [2.05, 4.69) is 16.0 Å². The van der Waals surface area contributed by atoms with Crippen LogP contribution >= 0.6 is 0 Å². The van der Waals surface area contributed by atoms with Gasteiger partial charge in [-0.1, -0.05) is 83.5 Å². The third-order valence-corrected chi connectivity index (χ3v) is 16.4. The number of allylic oxidation sites excluding steroid dienone is 2. The lowest BCUT2D eigenvalue weighted by molar-refractivity contribution is -0.729. The minimum Gasteiger partial charge on any atom is -0.456 e. The second kappa shape index (κ2) is 31.7. The van der Waals surface area contributed by atoms with Crippen molar-refractivity contribution in [3.63, 3.8) is 0 Å². The van der Waals surface area contributed by atoms with Gasteiger partial charge in [-0.3, -0.25) is 24.0 Å². The third kappa shape index (κ3) is 20.1. The Hall–Kier alpha value is -7.21. The predicted molar refractivity (Wildman–Crippen MR) is 301 cm³/mol. The van der Waals surface area contributed by atoms with E-state index in [0.717, 1.165) is 33.5 Å². The van der Waals surface area contributed by atoms with Crippen molar-refractivity contribution in [3.05, 3.63) is 88.4 Å². The fourth-order valence-corrected chi connectivity index (χ4v) is 10.0. The molecule has 0 aliphatic carbocycles. The molecule has 0 aromatic heterocycles. The quantitative estimate of drug-likeness (QED) is 0.0739. The van der Waals surface area contributed by atoms with Crippen LogP contribution in [0, 0.1) is 28.6 Å². The number of carbonyl (C=O) groups excluding carboxylic acids is 8. The van der Waals surface area contributed by atoms with Gasteiger partial charge in [0.2, 0.25) is 33.7 Å². The average molecular weight is 1150 g/mol. The van der Waals surface area contributed by atoms with Gasteiger partial charge in [0, 0.05) is 71.3 Å². The van der Waals surface area contributed by atoms with Gasteiger partial charge in [-0.25, -0.2) is 28.0 Å². The number of hydrogen-bond acceptors (Lipinski definition) is 14. The smallest absolute Gasteiger partial charge is 0.409 e. The highest BCUT2D eigenvalue weighted by Gasteiger charge is 2.37. The Bertz CT molecular complexity index is 2700. The van der Waals surface area contributed by atoms with Gasteiger partial charge in [0.1, 0.15) is 30.3 Å². The molecule has 3 rings (SSSR count). The summed E-state index contributed by atoms with van der Waals surface area (Å²) in [6, 6.07) is 8.78. The van der Waals surface area contributed by atoms with Gasteiger partial charge >= 0.3 is 23.7 Å². The van der Waals surface area contributed by atoms with Gasteiger partial charge in [-0.15, -0.1) is 0 Å². The first kappa shape index (κ1) is 68.1. The maximum Gasteiger partial charge on any atom is 0.409 e. The number of esters is 2. The molecule has 448 valence electrons. The number of sulfonamides is 1. The van der Waals surface area contributed by atoms with Gasteiger partial charge in [0.25, 0.3) is 10.8 Å². The van der Waals surface area contributed by atoms with Crippen LogP contribution in [0.2, 0.25) is 0 Å². The SMILES string of the molecule is C/C=C(\C)[C@H]1OC(=O)[C@@H](C)NC(=O)[C@H]([C@H](C)CC)NC(=O)CN(C)C(=O)[C@@H](Cc2ccccc2)N(C)C(=O)[C@H](C)NC(=O)[C@@H](CC(C)C)OC(=O)/C(C)=C/C[C@H](CCOC(=O)N(C)CCN(C)S(=O)(=O)c2ccc([N+](=O)O)cc2)[C@@H]1C. The monoisotopic (exact) mass is 1150 g/mol. The van der Waals surface area contributed by atoms with Crippen molar-refractivity contribution in [2.75, 3.05) is 54.4 Å². The Balaban J connectivity index is 2.03. The molecule has 23 nitrogen and oxygen atoms in total. The van der Waals surface area contributed by atoms with Crippen molar-refractivity contribution in [2.45, 2.75) is 143 Å². The third-order valence-electron chi connectivity index (χ3n) is 14.6. The van der Waals surface area contributed by atoms with Gasteiger partial charge in [0.15, 0.2) is 6.10 Å². The zero-order chi connectivity index (χ0) is 61.1. The maximum absolute atomic E-state index is 14.3. The lowest BCUT2D eigenvalue weighted by Gasteiger charge is -2.33. The number of ether oxygens (including phenoxy) is 3. The molecule has 0 radical (unpaired) electrons. The number of benzene rings is 2. The van der Waals surface area contributed by atoms with Crippen LogP contribution in [0.4, 0.5) is 10.5 Å². The Kier molecular flexibility index (Phi) is 26.6. The van der Waals surface area contributed by atoms with E-state index < -0.39 is 123 Å². The maximum atomic E-state index is 14.3. The second-order valence-corrected chi connectivity index (χ2v) is 23.4. The minimum atomic E-state index is -4.06. The fraction of sp³-hybridized carbons (Fsp3) is 0.579. The van der Waals surface area contributed by atoms with Crippen LogP contribution in [-0.4, -0.2) is 176 Å². The largest absolute Gasteiger partial charge is 0.456 e. The van der Waals surface area contributed by atoms with E-state index in [0.29, 0.717) is 17.6 Å². The summed E-state index contributed by atoms with van der Waals surface area (Å²) >= 11 is 0. The molecule has 0 saturated carbocycles. The van der Waals surface area contributed by atoms with Gasteiger partial charge < -0.3 is 44.9 Å². The summed E-state index contributed by atoms with van der Waals surface area (Å²) in [5.74, 6) is -6.64. The molecule has 9 atom stereocenters. The summed E-state index contributed by atoms with van der Waals surface area (Å²) < 4.78 is 45.2. The molecule has 0 fully saturated rings. The van der Waals surface area contributed by atoms with E-state index in [1.165, 1.54) is 58.8 Å². The molecule has 1 aliphatic rings. The highest BCUT2D eigenvalue weighted by atomic mass is 32.2. The number of carbonyl (C=O) groups is 8. The highest BCUT2D eigenvalue weighted by molar-refractivity contribution is 7.89. The van der Waals surface area contributed by atoms with Crippen LogP contribution in [0.15, 0.2) is 82.8 Å². The summed E-state index contributed by atoms with van der Waals surface area (Å²) in [5.41, 5.74) is 1.29. The number of likely N-dealkylation sites (N-methyl/N-ethyl adjacent to an activating group) is 4. The van der Waals surface area contributed by atoms with Gasteiger partial charge in [0.05, 0.1) is 23.0 Å². The first-order valence-electron chi connectivity index (χ1n) is 27.2. The van der Waals surface area contributed by atoms with E-state index in [9.17, 15) is 51.7 Å². The van der Waals surface area contributed by atoms with Crippen molar-refractivity contribution < 1.29 is 71.1 Å².